The summed E-state index contributed by atoms with van der Waals surface area (Å²) < 4.78 is 23.8. The monoisotopic (exact) mass is 393 g/mol. The smallest absolute Gasteiger partial charge is 0.336 e. The van der Waals surface area contributed by atoms with Crippen molar-refractivity contribution >= 4 is 34.3 Å². The van der Waals surface area contributed by atoms with Gasteiger partial charge in [0.2, 0.25) is 0 Å². The van der Waals surface area contributed by atoms with Crippen molar-refractivity contribution < 1.29 is 18.7 Å². The minimum Gasteiger partial charge on any atom is -0.771 e. The number of hydrogen-bond donors (Lipinski definition) is 1. The van der Waals surface area contributed by atoms with E-state index in [1.165, 1.54) is 6.07 Å². The maximum Gasteiger partial charge on any atom is 0.336 e. The van der Waals surface area contributed by atoms with Gasteiger partial charge in [0.1, 0.15) is 0 Å². The molecule has 1 N–H and O–H groups in total. The van der Waals surface area contributed by atoms with Crippen LogP contribution in [-0.2, 0) is 11.1 Å². The second-order valence-electron chi connectivity index (χ2n) is 6.00. The zero-order valence-corrected chi connectivity index (χ0v) is 15.4. The summed E-state index contributed by atoms with van der Waals surface area (Å²) in [7, 11) is 0. The number of piperazine rings is 1. The van der Waals surface area contributed by atoms with Crippen molar-refractivity contribution in [1.82, 2.24) is 4.90 Å². The Kier molecular flexibility index (Phi) is 5.93. The topological polar surface area (TPSA) is 83.9 Å². The minimum atomic E-state index is -2.46. The molecule has 0 amide bonds. The Morgan fingerprint density at radius 1 is 1.08 bits per heavy atom. The first-order chi connectivity index (χ1) is 12.5. The largest absolute Gasteiger partial charge is 0.771 e. The van der Waals surface area contributed by atoms with Gasteiger partial charge >= 0.3 is 5.97 Å². The summed E-state index contributed by atoms with van der Waals surface area (Å²) in [5, 5.41) is 9.06. The van der Waals surface area contributed by atoms with E-state index in [-0.39, 0.29) is 5.56 Å². The summed E-state index contributed by atoms with van der Waals surface area (Å²) >= 11 is 3.45. The molecular weight excluding hydrogens is 376 g/mol. The molecular formula is C18H18ClN2O4S-. The molecule has 0 radical (unpaired) electrons. The lowest BCUT2D eigenvalue weighted by molar-refractivity contribution is 0.0694. The second kappa shape index (κ2) is 8.18. The zero-order valence-electron chi connectivity index (χ0n) is 13.9. The molecule has 138 valence electrons. The van der Waals surface area contributed by atoms with Gasteiger partial charge < -0.3 is 14.6 Å². The normalized spacial score (nSPS) is 17.7. The highest BCUT2D eigenvalue weighted by Gasteiger charge is 2.28. The van der Waals surface area contributed by atoms with Crippen molar-refractivity contribution in [3.8, 4) is 0 Å². The Morgan fingerprint density at radius 2 is 1.69 bits per heavy atom. The summed E-state index contributed by atoms with van der Waals surface area (Å²) in [5.74, 6) is -1.13. The summed E-state index contributed by atoms with van der Waals surface area (Å²) in [4.78, 5) is 15.4. The molecule has 26 heavy (non-hydrogen) atoms. The van der Waals surface area contributed by atoms with E-state index in [2.05, 4.69) is 4.90 Å². The van der Waals surface area contributed by atoms with Gasteiger partial charge in [0.25, 0.3) is 0 Å². The SMILES string of the molecule is O=C(O)c1ccccc1C(N1CCN(c2ccc(Cl)cc2)CC1)S(=O)[O-]. The Balaban J connectivity index is 1.78. The number of carbonyl (C=O) groups is 1. The number of halogens is 1. The highest BCUT2D eigenvalue weighted by atomic mass is 35.5. The molecule has 2 aromatic carbocycles. The molecule has 1 aliphatic rings. The summed E-state index contributed by atoms with van der Waals surface area (Å²) in [6.07, 6.45) is 0. The Bertz CT molecular complexity index is 807. The first-order valence-electron chi connectivity index (χ1n) is 8.12. The highest BCUT2D eigenvalue weighted by molar-refractivity contribution is 7.79. The van der Waals surface area contributed by atoms with E-state index in [1.807, 2.05) is 24.3 Å². The molecule has 6 nitrogen and oxygen atoms in total. The van der Waals surface area contributed by atoms with Gasteiger partial charge in [-0.3, -0.25) is 9.11 Å². The lowest BCUT2D eigenvalue weighted by atomic mass is 10.1. The molecule has 0 bridgehead atoms. The standard InChI is InChI=1S/C18H19ClN2O4S/c19-13-5-7-14(8-6-13)20-9-11-21(12-10-20)17(26(24)25)15-3-1-2-4-16(15)18(22)23/h1-8,17H,9-12H2,(H,22,23)(H,24,25)/p-1. The highest BCUT2D eigenvalue weighted by Crippen LogP contribution is 2.29. The average molecular weight is 394 g/mol. The van der Waals surface area contributed by atoms with E-state index < -0.39 is 22.4 Å². The van der Waals surface area contributed by atoms with E-state index >= 15 is 0 Å². The van der Waals surface area contributed by atoms with Crippen molar-refractivity contribution in [2.24, 2.45) is 0 Å². The third kappa shape index (κ3) is 4.07. The van der Waals surface area contributed by atoms with Gasteiger partial charge in [-0.15, -0.1) is 0 Å². The molecule has 0 aromatic heterocycles. The van der Waals surface area contributed by atoms with E-state index in [9.17, 15) is 18.7 Å². The van der Waals surface area contributed by atoms with E-state index in [0.29, 0.717) is 36.8 Å². The molecule has 8 heteroatoms. The van der Waals surface area contributed by atoms with Crippen molar-refractivity contribution in [3.63, 3.8) is 0 Å². The van der Waals surface area contributed by atoms with Crippen LogP contribution in [-0.4, -0.2) is 50.9 Å². The molecule has 2 aromatic rings. The van der Waals surface area contributed by atoms with Crippen molar-refractivity contribution in [2.75, 3.05) is 31.1 Å². The summed E-state index contributed by atoms with van der Waals surface area (Å²) in [6.45, 7) is 2.31. The summed E-state index contributed by atoms with van der Waals surface area (Å²) in [5.41, 5.74) is 1.34. The molecule has 1 saturated heterocycles. The molecule has 2 unspecified atom stereocenters. The molecule has 1 fully saturated rings. The first kappa shape index (κ1) is 18.8. The number of anilines is 1. The predicted octanol–water partition coefficient (Wildman–Crippen LogP) is 2.74. The fraction of sp³-hybridized carbons (Fsp3) is 0.278. The lowest BCUT2D eigenvalue weighted by Gasteiger charge is -2.41. The Hall–Kier alpha value is -1.93. The van der Waals surface area contributed by atoms with Crippen LogP contribution in [0.15, 0.2) is 48.5 Å². The van der Waals surface area contributed by atoms with Gasteiger partial charge in [0.05, 0.1) is 10.9 Å². The summed E-state index contributed by atoms with van der Waals surface area (Å²) in [6, 6.07) is 13.8. The lowest BCUT2D eigenvalue weighted by Crippen LogP contribution is -2.48. The molecule has 3 rings (SSSR count). The van der Waals surface area contributed by atoms with Crippen molar-refractivity contribution in [1.29, 1.82) is 0 Å². The Morgan fingerprint density at radius 3 is 2.27 bits per heavy atom. The number of carboxylic acids is 1. The number of carboxylic acid groups (broad SMARTS) is 1. The third-order valence-electron chi connectivity index (χ3n) is 4.48. The van der Waals surface area contributed by atoms with Crippen LogP contribution in [0.3, 0.4) is 0 Å². The van der Waals surface area contributed by atoms with Crippen LogP contribution in [0.1, 0.15) is 21.3 Å². The van der Waals surface area contributed by atoms with Crippen LogP contribution in [0.5, 0.6) is 0 Å². The van der Waals surface area contributed by atoms with Gasteiger partial charge in [-0.25, -0.2) is 4.79 Å². The number of benzene rings is 2. The number of aromatic carboxylic acids is 1. The molecule has 1 heterocycles. The fourth-order valence-electron chi connectivity index (χ4n) is 3.20. The molecule has 1 aliphatic heterocycles. The number of nitrogens with zero attached hydrogens (tertiary/aromatic N) is 2. The van der Waals surface area contributed by atoms with Gasteiger partial charge in [-0.2, -0.15) is 0 Å². The minimum absolute atomic E-state index is 0.0156. The average Bonchev–Trinajstić information content (AvgIpc) is 2.63. The fourth-order valence-corrected chi connectivity index (χ4v) is 4.19. The van der Waals surface area contributed by atoms with Gasteiger partial charge in [0.15, 0.2) is 0 Å². The van der Waals surface area contributed by atoms with Crippen LogP contribution in [0.4, 0.5) is 5.69 Å². The van der Waals surface area contributed by atoms with E-state index in [1.54, 1.807) is 23.1 Å². The van der Waals surface area contributed by atoms with Gasteiger partial charge in [0, 0.05) is 36.9 Å². The molecule has 2 atom stereocenters. The van der Waals surface area contributed by atoms with Crippen molar-refractivity contribution in [3.05, 3.63) is 64.7 Å². The van der Waals surface area contributed by atoms with Crippen LogP contribution in [0.2, 0.25) is 5.02 Å². The molecule has 0 spiro atoms. The van der Waals surface area contributed by atoms with Crippen LogP contribution < -0.4 is 4.90 Å². The van der Waals surface area contributed by atoms with Crippen LogP contribution in [0, 0.1) is 0 Å². The van der Waals surface area contributed by atoms with Crippen molar-refractivity contribution in [2.45, 2.75) is 5.37 Å². The van der Waals surface area contributed by atoms with E-state index in [0.717, 1.165) is 5.69 Å². The predicted molar refractivity (Wildman–Crippen MR) is 100 cm³/mol. The second-order valence-corrected chi connectivity index (χ2v) is 7.41. The zero-order chi connectivity index (χ0) is 18.7. The van der Waals surface area contributed by atoms with Crippen LogP contribution in [0.25, 0.3) is 0 Å². The maximum atomic E-state index is 11.9. The Labute approximate surface area is 159 Å². The molecule has 0 aliphatic carbocycles. The van der Waals surface area contributed by atoms with E-state index in [4.69, 9.17) is 11.6 Å². The number of hydrogen-bond acceptors (Lipinski definition) is 5. The first-order valence-corrected chi connectivity index (χ1v) is 9.64. The van der Waals surface area contributed by atoms with Gasteiger partial charge in [-0.05, 0) is 47.0 Å². The number of rotatable bonds is 5. The molecule has 0 saturated carbocycles. The third-order valence-corrected chi connectivity index (χ3v) is 5.65. The maximum absolute atomic E-state index is 11.9. The van der Waals surface area contributed by atoms with Gasteiger partial charge in [-0.1, -0.05) is 29.8 Å². The van der Waals surface area contributed by atoms with Crippen LogP contribution >= 0.6 is 11.6 Å². The quantitative estimate of drug-likeness (QED) is 0.786.